The molecule has 0 aliphatic carbocycles. The number of aryl methyl sites for hydroxylation is 1. The standard InChI is InChI=1S/C12H9N5/c1-8-3-2-4-10-9(8)7-16-15-11-12(17(10)16)14-6-5-13-11/h2-7H,1H3. The van der Waals surface area contributed by atoms with Crippen LogP contribution in [0.3, 0.4) is 0 Å². The summed E-state index contributed by atoms with van der Waals surface area (Å²) < 4.78 is 3.77. The van der Waals surface area contributed by atoms with E-state index < -0.39 is 0 Å². The summed E-state index contributed by atoms with van der Waals surface area (Å²) in [5.74, 6) is 0. The van der Waals surface area contributed by atoms with Crippen LogP contribution in [-0.4, -0.2) is 14.5 Å². The first-order valence-corrected chi connectivity index (χ1v) is 5.41. The highest BCUT2D eigenvalue weighted by Crippen LogP contribution is 2.17. The number of hydrogen-bond acceptors (Lipinski definition) is 2. The summed E-state index contributed by atoms with van der Waals surface area (Å²) in [6.07, 6.45) is 5.35. The van der Waals surface area contributed by atoms with Crippen LogP contribution in [0.4, 0.5) is 0 Å². The van der Waals surface area contributed by atoms with E-state index in [-0.39, 0.29) is 0 Å². The summed E-state index contributed by atoms with van der Waals surface area (Å²) in [6, 6.07) is 6.20. The zero-order valence-electron chi connectivity index (χ0n) is 9.20. The first kappa shape index (κ1) is 8.69. The minimum absolute atomic E-state index is 0.663. The van der Waals surface area contributed by atoms with Crippen molar-refractivity contribution in [1.82, 2.24) is 19.6 Å². The number of aromatic nitrogens is 5. The summed E-state index contributed by atoms with van der Waals surface area (Å²) in [7, 11) is 0. The predicted octanol–water partition coefficient (Wildman–Crippen LogP) is 0.887. The largest absolute Gasteiger partial charge is 0.361 e. The first-order chi connectivity index (χ1) is 8.34. The van der Waals surface area contributed by atoms with Crippen LogP contribution in [0.25, 0.3) is 22.2 Å². The molecule has 17 heavy (non-hydrogen) atoms. The number of fused-ring (bicyclic) bond motifs is 5. The number of nitrogens with zero attached hydrogens (tertiary/aromatic N) is 5. The molecular weight excluding hydrogens is 214 g/mol. The Morgan fingerprint density at radius 3 is 3.06 bits per heavy atom. The maximum Gasteiger partial charge on any atom is 0.211 e. The van der Waals surface area contributed by atoms with Crippen LogP contribution in [0, 0.1) is 6.92 Å². The van der Waals surface area contributed by atoms with Gasteiger partial charge in [0, 0.05) is 6.20 Å². The molecule has 0 spiro atoms. The molecule has 4 aromatic rings. The van der Waals surface area contributed by atoms with Gasteiger partial charge in [-0.05, 0) is 24.8 Å². The van der Waals surface area contributed by atoms with Gasteiger partial charge in [0.15, 0.2) is 5.65 Å². The Hall–Kier alpha value is -2.43. The molecule has 82 valence electrons. The van der Waals surface area contributed by atoms with E-state index in [1.54, 1.807) is 17.0 Å². The molecule has 0 fully saturated rings. The summed E-state index contributed by atoms with van der Waals surface area (Å²) in [6.45, 7) is 2.09. The Balaban J connectivity index is 2.36. The van der Waals surface area contributed by atoms with Crippen molar-refractivity contribution in [2.75, 3.05) is 0 Å². The van der Waals surface area contributed by atoms with E-state index in [2.05, 4.69) is 34.1 Å². The van der Waals surface area contributed by atoms with E-state index in [0.717, 1.165) is 11.2 Å². The fourth-order valence-electron chi connectivity index (χ4n) is 2.23. The van der Waals surface area contributed by atoms with Gasteiger partial charge in [-0.3, -0.25) is 0 Å². The summed E-state index contributed by atoms with van der Waals surface area (Å²) >= 11 is 0. The van der Waals surface area contributed by atoms with Crippen LogP contribution in [0.2, 0.25) is 0 Å². The van der Waals surface area contributed by atoms with E-state index in [0.29, 0.717) is 5.65 Å². The second-order valence-electron chi connectivity index (χ2n) is 4.07. The number of benzene rings is 1. The van der Waals surface area contributed by atoms with E-state index in [9.17, 15) is 0 Å². The SMILES string of the molecule is Cc1cccc2c1c[n+]1[n-]c3nccnc3n21. The van der Waals surface area contributed by atoms with Crippen LogP contribution < -0.4 is 9.73 Å². The fourth-order valence-corrected chi connectivity index (χ4v) is 2.23. The molecule has 0 radical (unpaired) electrons. The second-order valence-corrected chi connectivity index (χ2v) is 4.07. The molecule has 0 unspecified atom stereocenters. The lowest BCUT2D eigenvalue weighted by Crippen LogP contribution is -2.28. The monoisotopic (exact) mass is 223 g/mol. The zero-order chi connectivity index (χ0) is 11.4. The molecule has 0 aliphatic heterocycles. The molecule has 4 rings (SSSR count). The van der Waals surface area contributed by atoms with Crippen molar-refractivity contribution in [3.8, 4) is 0 Å². The average Bonchev–Trinajstić information content (AvgIpc) is 2.85. The molecule has 1 aromatic carbocycles. The quantitative estimate of drug-likeness (QED) is 0.416. The third-order valence-corrected chi connectivity index (χ3v) is 3.04. The Morgan fingerprint density at radius 1 is 1.24 bits per heavy atom. The lowest BCUT2D eigenvalue weighted by atomic mass is 10.1. The molecule has 3 aromatic heterocycles. The van der Waals surface area contributed by atoms with Gasteiger partial charge in [-0.1, -0.05) is 16.8 Å². The van der Waals surface area contributed by atoms with Crippen LogP contribution in [0.5, 0.6) is 0 Å². The number of hydrogen-bond donors (Lipinski definition) is 0. The Labute approximate surface area is 96.3 Å². The topological polar surface area (TPSA) is 48.4 Å². The van der Waals surface area contributed by atoms with Crippen molar-refractivity contribution in [3.05, 3.63) is 42.4 Å². The molecule has 0 bridgehead atoms. The van der Waals surface area contributed by atoms with Crippen molar-refractivity contribution in [3.63, 3.8) is 0 Å². The normalized spacial score (nSPS) is 11.8. The van der Waals surface area contributed by atoms with Crippen LogP contribution in [0.1, 0.15) is 5.56 Å². The van der Waals surface area contributed by atoms with Gasteiger partial charge in [0.25, 0.3) is 0 Å². The molecule has 0 atom stereocenters. The van der Waals surface area contributed by atoms with E-state index >= 15 is 0 Å². The van der Waals surface area contributed by atoms with E-state index in [1.165, 1.54) is 10.9 Å². The lowest BCUT2D eigenvalue weighted by Gasteiger charge is -1.94. The second kappa shape index (κ2) is 2.82. The van der Waals surface area contributed by atoms with Gasteiger partial charge >= 0.3 is 0 Å². The molecule has 5 heteroatoms. The van der Waals surface area contributed by atoms with Crippen LogP contribution in [0.15, 0.2) is 36.8 Å². The predicted molar refractivity (Wildman–Crippen MR) is 61.7 cm³/mol. The fraction of sp³-hybridized carbons (Fsp3) is 0.0833. The highest BCUT2D eigenvalue weighted by Gasteiger charge is 2.12. The summed E-state index contributed by atoms with van der Waals surface area (Å²) in [5.41, 5.74) is 3.79. The van der Waals surface area contributed by atoms with Crippen molar-refractivity contribution >= 4 is 22.2 Å². The Bertz CT molecular complexity index is 855. The maximum atomic E-state index is 4.40. The number of rotatable bonds is 0. The highest BCUT2D eigenvalue weighted by atomic mass is 15.5. The van der Waals surface area contributed by atoms with Crippen molar-refractivity contribution in [1.29, 1.82) is 0 Å². The van der Waals surface area contributed by atoms with Crippen molar-refractivity contribution in [2.45, 2.75) is 6.92 Å². The summed E-state index contributed by atoms with van der Waals surface area (Å²) in [4.78, 5) is 8.54. The Kier molecular flexibility index (Phi) is 1.44. The van der Waals surface area contributed by atoms with E-state index in [4.69, 9.17) is 0 Å². The molecule has 0 aliphatic rings. The lowest BCUT2D eigenvalue weighted by molar-refractivity contribution is -0.671. The third kappa shape index (κ3) is 1.00. The molecule has 0 N–H and O–H groups in total. The van der Waals surface area contributed by atoms with Crippen LogP contribution in [-0.2, 0) is 0 Å². The maximum absolute atomic E-state index is 4.40. The molecule has 5 nitrogen and oxygen atoms in total. The van der Waals surface area contributed by atoms with Gasteiger partial charge in [0.1, 0.15) is 5.65 Å². The minimum atomic E-state index is 0.663. The Morgan fingerprint density at radius 2 is 2.12 bits per heavy atom. The molecule has 0 amide bonds. The van der Waals surface area contributed by atoms with Crippen molar-refractivity contribution in [2.24, 2.45) is 0 Å². The molecule has 0 saturated carbocycles. The van der Waals surface area contributed by atoms with Crippen molar-refractivity contribution < 1.29 is 4.63 Å². The molecule has 3 heterocycles. The van der Waals surface area contributed by atoms with Gasteiger partial charge in [-0.25, -0.2) is 4.98 Å². The van der Waals surface area contributed by atoms with Gasteiger partial charge < -0.3 is 4.98 Å². The average molecular weight is 223 g/mol. The molecule has 0 saturated heterocycles. The van der Waals surface area contributed by atoms with Gasteiger partial charge in [0.2, 0.25) is 6.20 Å². The minimum Gasteiger partial charge on any atom is -0.361 e. The zero-order valence-corrected chi connectivity index (χ0v) is 9.20. The summed E-state index contributed by atoms with van der Waals surface area (Å²) in [5, 5.41) is 5.59. The highest BCUT2D eigenvalue weighted by molar-refractivity contribution is 5.83. The van der Waals surface area contributed by atoms with Crippen LogP contribution >= 0.6 is 0 Å². The van der Waals surface area contributed by atoms with Gasteiger partial charge in [-0.2, -0.15) is 4.52 Å². The van der Waals surface area contributed by atoms with E-state index in [1.807, 2.05) is 16.8 Å². The van der Waals surface area contributed by atoms with Gasteiger partial charge in [0.05, 0.1) is 10.9 Å². The molecular formula is C12H9N5. The first-order valence-electron chi connectivity index (χ1n) is 5.41. The third-order valence-electron chi connectivity index (χ3n) is 3.04. The smallest absolute Gasteiger partial charge is 0.211 e. The van der Waals surface area contributed by atoms with Gasteiger partial charge in [-0.15, -0.1) is 5.10 Å².